The third-order valence-electron chi connectivity index (χ3n) is 5.00. The minimum atomic E-state index is -2.45. The SMILES string of the molecule is FC1(F)CC(Cn2c(C3CCNCC3)nc3ccccc32)C1. The molecule has 22 heavy (non-hydrogen) atoms. The van der Waals surface area contributed by atoms with Crippen LogP contribution in [0.4, 0.5) is 8.78 Å². The Morgan fingerprint density at radius 2 is 1.91 bits per heavy atom. The quantitative estimate of drug-likeness (QED) is 0.940. The molecule has 2 heterocycles. The lowest BCUT2D eigenvalue weighted by Gasteiger charge is -2.36. The lowest BCUT2D eigenvalue weighted by atomic mass is 9.81. The molecule has 1 saturated carbocycles. The smallest absolute Gasteiger partial charge is 0.248 e. The van der Waals surface area contributed by atoms with Crippen LogP contribution in [0.15, 0.2) is 24.3 Å². The number of nitrogens with one attached hydrogen (secondary N) is 1. The van der Waals surface area contributed by atoms with Gasteiger partial charge < -0.3 is 9.88 Å². The third-order valence-corrected chi connectivity index (χ3v) is 5.00. The number of hydrogen-bond donors (Lipinski definition) is 1. The van der Waals surface area contributed by atoms with Gasteiger partial charge in [0, 0.05) is 25.3 Å². The minimum absolute atomic E-state index is 0.0190. The summed E-state index contributed by atoms with van der Waals surface area (Å²) in [6, 6.07) is 8.07. The van der Waals surface area contributed by atoms with Crippen LogP contribution < -0.4 is 5.32 Å². The second-order valence-electron chi connectivity index (χ2n) is 6.72. The Morgan fingerprint density at radius 1 is 1.18 bits per heavy atom. The van der Waals surface area contributed by atoms with E-state index < -0.39 is 5.92 Å². The molecule has 2 fully saturated rings. The Bertz CT molecular complexity index is 666. The monoisotopic (exact) mass is 305 g/mol. The molecule has 1 aromatic heterocycles. The van der Waals surface area contributed by atoms with Gasteiger partial charge in [-0.1, -0.05) is 12.1 Å². The molecular weight excluding hydrogens is 284 g/mol. The minimum Gasteiger partial charge on any atom is -0.327 e. The van der Waals surface area contributed by atoms with Gasteiger partial charge in [-0.3, -0.25) is 0 Å². The molecule has 4 rings (SSSR count). The third kappa shape index (κ3) is 2.51. The molecule has 0 bridgehead atoms. The van der Waals surface area contributed by atoms with Crippen LogP contribution in [-0.4, -0.2) is 28.6 Å². The predicted molar refractivity (Wildman–Crippen MR) is 82.2 cm³/mol. The molecule has 118 valence electrons. The Morgan fingerprint density at radius 3 is 2.64 bits per heavy atom. The molecule has 1 aliphatic carbocycles. The van der Waals surface area contributed by atoms with Crippen molar-refractivity contribution in [3.8, 4) is 0 Å². The molecule has 0 atom stereocenters. The number of para-hydroxylation sites is 2. The second-order valence-corrected chi connectivity index (χ2v) is 6.72. The van der Waals surface area contributed by atoms with E-state index in [1.165, 1.54) is 0 Å². The fourth-order valence-corrected chi connectivity index (χ4v) is 3.85. The van der Waals surface area contributed by atoms with Crippen molar-refractivity contribution in [2.75, 3.05) is 13.1 Å². The maximum atomic E-state index is 13.2. The summed E-state index contributed by atoms with van der Waals surface area (Å²) in [7, 11) is 0. The Balaban J connectivity index is 1.67. The van der Waals surface area contributed by atoms with E-state index in [0.717, 1.165) is 42.8 Å². The maximum Gasteiger partial charge on any atom is 0.248 e. The number of alkyl halides is 2. The van der Waals surface area contributed by atoms with Gasteiger partial charge in [-0.15, -0.1) is 0 Å². The van der Waals surface area contributed by atoms with Crippen LogP contribution in [0.25, 0.3) is 11.0 Å². The van der Waals surface area contributed by atoms with E-state index in [1.54, 1.807) is 0 Å². The van der Waals surface area contributed by atoms with Crippen molar-refractivity contribution in [1.29, 1.82) is 0 Å². The van der Waals surface area contributed by atoms with E-state index in [0.29, 0.717) is 12.5 Å². The highest BCUT2D eigenvalue weighted by Crippen LogP contribution is 2.44. The molecule has 1 N–H and O–H groups in total. The number of fused-ring (bicyclic) bond motifs is 1. The molecule has 5 heteroatoms. The average Bonchev–Trinajstić information content (AvgIpc) is 2.85. The molecule has 1 saturated heterocycles. The normalized spacial score (nSPS) is 22.8. The van der Waals surface area contributed by atoms with Crippen LogP contribution in [0.1, 0.15) is 37.4 Å². The lowest BCUT2D eigenvalue weighted by molar-refractivity contribution is -0.114. The molecule has 2 aliphatic rings. The summed E-state index contributed by atoms with van der Waals surface area (Å²) < 4.78 is 28.5. The largest absolute Gasteiger partial charge is 0.327 e. The van der Waals surface area contributed by atoms with Crippen molar-refractivity contribution in [2.45, 2.75) is 44.1 Å². The molecular formula is C17H21F2N3. The van der Waals surface area contributed by atoms with Crippen molar-refractivity contribution in [2.24, 2.45) is 5.92 Å². The summed E-state index contributed by atoms with van der Waals surface area (Å²) in [6.45, 7) is 2.69. The van der Waals surface area contributed by atoms with Crippen LogP contribution in [-0.2, 0) is 6.54 Å². The van der Waals surface area contributed by atoms with Gasteiger partial charge in [0.1, 0.15) is 5.82 Å². The topological polar surface area (TPSA) is 29.9 Å². The molecule has 2 aromatic rings. The zero-order chi connectivity index (χ0) is 15.2. The van der Waals surface area contributed by atoms with Crippen LogP contribution >= 0.6 is 0 Å². The molecule has 0 radical (unpaired) electrons. The first-order chi connectivity index (χ1) is 10.6. The summed E-state index contributed by atoms with van der Waals surface area (Å²) in [5, 5.41) is 3.38. The zero-order valence-electron chi connectivity index (χ0n) is 12.6. The van der Waals surface area contributed by atoms with Crippen molar-refractivity contribution in [3.63, 3.8) is 0 Å². The number of nitrogens with zero attached hydrogens (tertiary/aromatic N) is 2. The maximum absolute atomic E-state index is 13.2. The fourth-order valence-electron chi connectivity index (χ4n) is 3.85. The highest BCUT2D eigenvalue weighted by molar-refractivity contribution is 5.76. The van der Waals surface area contributed by atoms with Crippen molar-refractivity contribution >= 4 is 11.0 Å². The van der Waals surface area contributed by atoms with Gasteiger partial charge in [0.2, 0.25) is 5.92 Å². The van der Waals surface area contributed by atoms with Gasteiger partial charge in [0.25, 0.3) is 0 Å². The number of rotatable bonds is 3. The van der Waals surface area contributed by atoms with Crippen molar-refractivity contribution < 1.29 is 8.78 Å². The molecule has 1 aliphatic heterocycles. The van der Waals surface area contributed by atoms with Crippen LogP contribution in [0.2, 0.25) is 0 Å². The number of aromatic nitrogens is 2. The first kappa shape index (κ1) is 14.1. The molecule has 1 aromatic carbocycles. The predicted octanol–water partition coefficient (Wildman–Crippen LogP) is 3.55. The number of hydrogen-bond acceptors (Lipinski definition) is 2. The first-order valence-corrected chi connectivity index (χ1v) is 8.16. The summed E-state index contributed by atoms with van der Waals surface area (Å²) in [5.74, 6) is -0.837. The van der Waals surface area contributed by atoms with Gasteiger partial charge >= 0.3 is 0 Å². The summed E-state index contributed by atoms with van der Waals surface area (Å²) in [5.41, 5.74) is 2.08. The lowest BCUT2D eigenvalue weighted by Crippen LogP contribution is -2.38. The fraction of sp³-hybridized carbons (Fsp3) is 0.588. The van der Waals surface area contributed by atoms with E-state index in [4.69, 9.17) is 4.98 Å². The molecule has 3 nitrogen and oxygen atoms in total. The summed E-state index contributed by atoms with van der Waals surface area (Å²) >= 11 is 0. The molecule has 0 spiro atoms. The van der Waals surface area contributed by atoms with Gasteiger partial charge in [-0.25, -0.2) is 13.8 Å². The van der Waals surface area contributed by atoms with E-state index in [-0.39, 0.29) is 18.8 Å². The van der Waals surface area contributed by atoms with E-state index in [2.05, 4.69) is 16.0 Å². The average molecular weight is 305 g/mol. The number of benzene rings is 1. The van der Waals surface area contributed by atoms with E-state index in [9.17, 15) is 8.78 Å². The van der Waals surface area contributed by atoms with Gasteiger partial charge in [-0.05, 0) is 44.0 Å². The molecule has 0 unspecified atom stereocenters. The zero-order valence-corrected chi connectivity index (χ0v) is 12.6. The number of halogens is 2. The molecule has 0 amide bonds. The van der Waals surface area contributed by atoms with Crippen LogP contribution in [0, 0.1) is 5.92 Å². The highest BCUT2D eigenvalue weighted by Gasteiger charge is 2.45. The van der Waals surface area contributed by atoms with Gasteiger partial charge in [0.15, 0.2) is 0 Å². The Kier molecular flexibility index (Phi) is 3.40. The van der Waals surface area contributed by atoms with Crippen LogP contribution in [0.5, 0.6) is 0 Å². The number of imidazole rings is 1. The van der Waals surface area contributed by atoms with Crippen molar-refractivity contribution in [3.05, 3.63) is 30.1 Å². The van der Waals surface area contributed by atoms with Gasteiger partial charge in [0.05, 0.1) is 11.0 Å². The van der Waals surface area contributed by atoms with E-state index in [1.807, 2.05) is 18.2 Å². The van der Waals surface area contributed by atoms with E-state index >= 15 is 0 Å². The standard InChI is InChI=1S/C17H21F2N3/c18-17(19)9-12(10-17)11-22-15-4-2-1-3-14(15)21-16(22)13-5-7-20-8-6-13/h1-4,12-13,20H,5-11H2. The summed E-state index contributed by atoms with van der Waals surface area (Å²) in [4.78, 5) is 4.83. The van der Waals surface area contributed by atoms with Crippen LogP contribution in [0.3, 0.4) is 0 Å². The Hall–Kier alpha value is -1.49. The summed E-state index contributed by atoms with van der Waals surface area (Å²) in [6.07, 6.45) is 2.19. The van der Waals surface area contributed by atoms with Gasteiger partial charge in [-0.2, -0.15) is 0 Å². The first-order valence-electron chi connectivity index (χ1n) is 8.16. The second kappa shape index (κ2) is 5.30. The number of piperidine rings is 1. The van der Waals surface area contributed by atoms with Crippen molar-refractivity contribution in [1.82, 2.24) is 14.9 Å². The highest BCUT2D eigenvalue weighted by atomic mass is 19.3. The Labute approximate surface area is 128 Å².